The molecule has 0 atom stereocenters. The van der Waals surface area contributed by atoms with Crippen LogP contribution in [0.4, 0.5) is 18.9 Å². The minimum absolute atomic E-state index is 0.0117. The second kappa shape index (κ2) is 9.95. The largest absolute Gasteiger partial charge is 0.505 e. The third-order valence-corrected chi connectivity index (χ3v) is 7.52. The van der Waals surface area contributed by atoms with Gasteiger partial charge in [-0.15, -0.1) is 5.10 Å². The Bertz CT molecular complexity index is 1620. The number of aromatic nitrogens is 3. The van der Waals surface area contributed by atoms with Crippen LogP contribution >= 0.6 is 11.6 Å². The third-order valence-electron chi connectivity index (χ3n) is 5.38. The molecule has 0 fully saturated rings. The van der Waals surface area contributed by atoms with Crippen LogP contribution in [-0.4, -0.2) is 51.6 Å². The molecule has 38 heavy (non-hydrogen) atoms. The Kier molecular flexibility index (Phi) is 7.04. The highest BCUT2D eigenvalue weighted by atomic mass is 35.5. The number of ketones is 1. The van der Waals surface area contributed by atoms with E-state index in [-0.39, 0.29) is 21.8 Å². The van der Waals surface area contributed by atoms with Crippen LogP contribution in [-0.2, 0) is 32.3 Å². The Morgan fingerprint density at radius 2 is 1.89 bits per heavy atom. The van der Waals surface area contributed by atoms with Gasteiger partial charge in [0.1, 0.15) is 17.9 Å². The predicted octanol–water partition coefficient (Wildman–Crippen LogP) is 3.73. The topological polar surface area (TPSA) is 134 Å². The summed E-state index contributed by atoms with van der Waals surface area (Å²) in [5.74, 6) is -2.05. The summed E-state index contributed by atoms with van der Waals surface area (Å²) >= 11 is 5.57. The first-order valence-electron chi connectivity index (χ1n) is 10.6. The molecule has 3 aromatic rings. The monoisotopic (exact) mass is 567 g/mol. The van der Waals surface area contributed by atoms with Crippen LogP contribution < -0.4 is 5.32 Å². The second-order valence-corrected chi connectivity index (χ2v) is 10.3. The van der Waals surface area contributed by atoms with Crippen molar-refractivity contribution in [3.05, 3.63) is 82.3 Å². The number of amides is 1. The quantitative estimate of drug-likeness (QED) is 0.433. The molecule has 0 unspecified atom stereocenters. The maximum Gasteiger partial charge on any atom is 0.417 e. The summed E-state index contributed by atoms with van der Waals surface area (Å²) in [6, 6.07) is 8.61. The Morgan fingerprint density at radius 3 is 2.61 bits per heavy atom. The number of hydrogen-bond donors (Lipinski definition) is 2. The molecular weight excluding hydrogens is 551 g/mol. The molecule has 0 radical (unpaired) electrons. The standard InChI is InChI=1S/C23H17ClF3N5O5S/c1-31-21(22(35)15-4-2-3-5-19(15)38(31,36)37)18(33)9-7-14-11-32(30-29-14)12-20(34)28-13-6-8-17(24)16(10-13)23(25,26)27/h2-11,35H,12H2,1H3,(H,28,34)/b9-7+. The SMILES string of the molecule is CN1C(C(=O)/C=C/c2cn(CC(=O)Nc3ccc(Cl)c(C(F)(F)F)c3)nn2)=C(O)c2ccccc2S1(=O)=O. The molecule has 198 valence electrons. The van der Waals surface area contributed by atoms with Gasteiger partial charge in [-0.3, -0.25) is 13.9 Å². The van der Waals surface area contributed by atoms with Crippen molar-refractivity contribution in [2.24, 2.45) is 0 Å². The molecule has 0 spiro atoms. The maximum absolute atomic E-state index is 13.0. The van der Waals surface area contributed by atoms with Crippen molar-refractivity contribution < 1.29 is 36.3 Å². The van der Waals surface area contributed by atoms with Crippen LogP contribution in [0.3, 0.4) is 0 Å². The van der Waals surface area contributed by atoms with Crippen molar-refractivity contribution >= 4 is 50.8 Å². The van der Waals surface area contributed by atoms with Crippen LogP contribution in [0.25, 0.3) is 11.8 Å². The number of hydrogen-bond acceptors (Lipinski definition) is 7. The molecule has 4 rings (SSSR count). The zero-order chi connectivity index (χ0) is 27.8. The molecule has 2 aromatic carbocycles. The molecule has 2 heterocycles. The molecule has 1 aliphatic rings. The summed E-state index contributed by atoms with van der Waals surface area (Å²) in [5.41, 5.74) is -1.59. The molecule has 0 aliphatic carbocycles. The van der Waals surface area contributed by atoms with E-state index in [1.54, 1.807) is 0 Å². The van der Waals surface area contributed by atoms with Gasteiger partial charge < -0.3 is 10.4 Å². The predicted molar refractivity (Wildman–Crippen MR) is 130 cm³/mol. The van der Waals surface area contributed by atoms with Gasteiger partial charge >= 0.3 is 6.18 Å². The number of halogens is 4. The summed E-state index contributed by atoms with van der Waals surface area (Å²) < 4.78 is 66.3. The Hall–Kier alpha value is -4.17. The van der Waals surface area contributed by atoms with E-state index in [1.165, 1.54) is 42.6 Å². The van der Waals surface area contributed by atoms with E-state index in [2.05, 4.69) is 15.6 Å². The van der Waals surface area contributed by atoms with Gasteiger partial charge in [-0.25, -0.2) is 13.1 Å². The fourth-order valence-corrected chi connectivity index (χ4v) is 5.21. The summed E-state index contributed by atoms with van der Waals surface area (Å²) in [7, 11) is -2.93. The van der Waals surface area contributed by atoms with Crippen molar-refractivity contribution in [3.63, 3.8) is 0 Å². The van der Waals surface area contributed by atoms with Crippen LogP contribution in [0, 0.1) is 0 Å². The van der Waals surface area contributed by atoms with Gasteiger partial charge in [0.05, 0.1) is 21.7 Å². The van der Waals surface area contributed by atoms with Crippen molar-refractivity contribution in [3.8, 4) is 0 Å². The first kappa shape index (κ1) is 26.9. The number of carbonyl (C=O) groups excluding carboxylic acids is 2. The average Bonchev–Trinajstić information content (AvgIpc) is 3.29. The number of nitrogens with one attached hydrogen (secondary N) is 1. The number of sulfonamides is 1. The number of allylic oxidation sites excluding steroid dienone is 1. The number of alkyl halides is 3. The number of aliphatic hydroxyl groups excluding tert-OH is 1. The molecule has 10 nitrogen and oxygen atoms in total. The Morgan fingerprint density at radius 1 is 1.18 bits per heavy atom. The zero-order valence-corrected chi connectivity index (χ0v) is 20.8. The summed E-state index contributed by atoms with van der Waals surface area (Å²) in [5, 5.41) is 19.8. The minimum Gasteiger partial charge on any atom is -0.505 e. The molecule has 2 N–H and O–H groups in total. The van der Waals surface area contributed by atoms with E-state index >= 15 is 0 Å². The third kappa shape index (κ3) is 5.26. The van der Waals surface area contributed by atoms with E-state index in [0.29, 0.717) is 10.4 Å². The fourth-order valence-electron chi connectivity index (χ4n) is 3.58. The number of nitrogens with zero attached hydrogens (tertiary/aromatic N) is 4. The number of fused-ring (bicyclic) bond motifs is 1. The zero-order valence-electron chi connectivity index (χ0n) is 19.3. The van der Waals surface area contributed by atoms with Crippen LogP contribution in [0.2, 0.25) is 5.02 Å². The van der Waals surface area contributed by atoms with E-state index < -0.39 is 56.5 Å². The normalized spacial score (nSPS) is 15.0. The minimum atomic E-state index is -4.70. The van der Waals surface area contributed by atoms with Gasteiger partial charge in [0.25, 0.3) is 10.0 Å². The number of anilines is 1. The molecule has 15 heteroatoms. The van der Waals surface area contributed by atoms with E-state index in [9.17, 15) is 36.3 Å². The summed E-state index contributed by atoms with van der Waals surface area (Å²) in [6.45, 7) is -0.414. The number of benzene rings is 2. The van der Waals surface area contributed by atoms with Crippen LogP contribution in [0.1, 0.15) is 16.8 Å². The fraction of sp³-hybridized carbons (Fsp3) is 0.130. The number of aliphatic hydroxyl groups is 1. The molecule has 1 amide bonds. The van der Waals surface area contributed by atoms with Crippen molar-refractivity contribution in [1.82, 2.24) is 19.3 Å². The Labute approximate surface area is 218 Å². The highest BCUT2D eigenvalue weighted by Crippen LogP contribution is 2.36. The molecule has 0 saturated heterocycles. The number of likely N-dealkylation sites (N-methyl/N-ethyl adjacent to an activating group) is 1. The maximum atomic E-state index is 13.0. The van der Waals surface area contributed by atoms with Crippen molar-refractivity contribution in [2.45, 2.75) is 17.6 Å². The van der Waals surface area contributed by atoms with Crippen molar-refractivity contribution in [2.75, 3.05) is 12.4 Å². The van der Waals surface area contributed by atoms with Crippen LogP contribution in [0.15, 0.2) is 65.3 Å². The lowest BCUT2D eigenvalue weighted by Crippen LogP contribution is -2.34. The lowest BCUT2D eigenvalue weighted by atomic mass is 10.1. The number of rotatable bonds is 6. The molecular formula is C23H17ClF3N5O5S. The molecule has 0 saturated carbocycles. The average molecular weight is 568 g/mol. The van der Waals surface area contributed by atoms with Gasteiger partial charge in [-0.1, -0.05) is 28.9 Å². The lowest BCUT2D eigenvalue weighted by Gasteiger charge is -2.27. The summed E-state index contributed by atoms with van der Waals surface area (Å²) in [6.07, 6.45) is -1.25. The Balaban J connectivity index is 1.46. The first-order valence-corrected chi connectivity index (χ1v) is 12.4. The van der Waals surface area contributed by atoms with Crippen LogP contribution in [0.5, 0.6) is 0 Å². The molecule has 0 bridgehead atoms. The van der Waals surface area contributed by atoms with E-state index in [0.717, 1.165) is 23.9 Å². The first-order chi connectivity index (χ1) is 17.8. The van der Waals surface area contributed by atoms with E-state index in [4.69, 9.17) is 11.6 Å². The lowest BCUT2D eigenvalue weighted by molar-refractivity contribution is -0.137. The molecule has 1 aliphatic heterocycles. The highest BCUT2D eigenvalue weighted by molar-refractivity contribution is 7.89. The van der Waals surface area contributed by atoms with Gasteiger partial charge in [0.15, 0.2) is 5.76 Å². The summed E-state index contributed by atoms with van der Waals surface area (Å²) in [4.78, 5) is 24.9. The van der Waals surface area contributed by atoms with Gasteiger partial charge in [-0.2, -0.15) is 13.2 Å². The second-order valence-electron chi connectivity index (χ2n) is 7.95. The smallest absolute Gasteiger partial charge is 0.417 e. The van der Waals surface area contributed by atoms with Gasteiger partial charge in [0.2, 0.25) is 11.7 Å². The highest BCUT2D eigenvalue weighted by Gasteiger charge is 2.37. The van der Waals surface area contributed by atoms with Gasteiger partial charge in [0, 0.05) is 18.3 Å². The van der Waals surface area contributed by atoms with Gasteiger partial charge in [-0.05, 0) is 42.5 Å². The number of carbonyl (C=O) groups is 2. The van der Waals surface area contributed by atoms with E-state index in [1.807, 2.05) is 0 Å². The molecule has 1 aromatic heterocycles. The van der Waals surface area contributed by atoms with Crippen molar-refractivity contribution in [1.29, 1.82) is 0 Å².